The third-order valence-electron chi connectivity index (χ3n) is 7.46. The highest BCUT2D eigenvalue weighted by Gasteiger charge is 2.31. The summed E-state index contributed by atoms with van der Waals surface area (Å²) in [4.78, 5) is 10.7. The van der Waals surface area contributed by atoms with Gasteiger partial charge in [-0.15, -0.1) is 6.58 Å². The lowest BCUT2D eigenvalue weighted by atomic mass is 10.1. The van der Waals surface area contributed by atoms with Crippen LogP contribution in [0, 0.1) is 5.92 Å². The maximum Gasteiger partial charge on any atom is 0.409 e. The summed E-state index contributed by atoms with van der Waals surface area (Å²) in [6.45, 7) is 26.8. The van der Waals surface area contributed by atoms with Gasteiger partial charge in [-0.2, -0.15) is 13.2 Å². The van der Waals surface area contributed by atoms with Crippen LogP contribution in [0.2, 0.25) is 0 Å². The predicted octanol–water partition coefficient (Wildman–Crippen LogP) is 7.99. The number of piperazine rings is 1. The quantitative estimate of drug-likeness (QED) is 0.143. The molecule has 2 aliphatic heterocycles. The summed E-state index contributed by atoms with van der Waals surface area (Å²) in [5, 5.41) is 30.4. The first kappa shape index (κ1) is 49.2. The van der Waals surface area contributed by atoms with Gasteiger partial charge in [-0.05, 0) is 32.3 Å². The van der Waals surface area contributed by atoms with Gasteiger partial charge in [-0.3, -0.25) is 10.2 Å². The Balaban J connectivity index is 0. The highest BCUT2D eigenvalue weighted by Crippen LogP contribution is 2.30. The van der Waals surface area contributed by atoms with Crippen LogP contribution in [0.4, 0.5) is 19.0 Å². The number of aromatic nitrogens is 1. The van der Waals surface area contributed by atoms with Crippen LogP contribution in [0.5, 0.6) is 0 Å². The molecule has 11 heteroatoms. The zero-order chi connectivity index (χ0) is 38.7. The second kappa shape index (κ2) is 28.7. The number of hydrogen-bond acceptors (Lipinski definition) is 8. The van der Waals surface area contributed by atoms with E-state index in [0.717, 1.165) is 55.8 Å². The van der Waals surface area contributed by atoms with Crippen LogP contribution < -0.4 is 10.2 Å². The van der Waals surface area contributed by atoms with Gasteiger partial charge in [0.2, 0.25) is 0 Å². The van der Waals surface area contributed by atoms with Crippen LogP contribution in [-0.4, -0.2) is 94.5 Å². The van der Waals surface area contributed by atoms with Gasteiger partial charge >= 0.3 is 6.18 Å². The van der Waals surface area contributed by atoms with Crippen molar-refractivity contribution in [3.05, 3.63) is 85.3 Å². The van der Waals surface area contributed by atoms with Gasteiger partial charge in [0, 0.05) is 56.8 Å². The first-order valence-electron chi connectivity index (χ1n) is 17.9. The summed E-state index contributed by atoms with van der Waals surface area (Å²) in [5.41, 5.74) is 1.73. The molecule has 288 valence electrons. The average molecular weight is 712 g/mol. The summed E-state index contributed by atoms with van der Waals surface area (Å²) in [7, 11) is 1.89. The fourth-order valence-corrected chi connectivity index (χ4v) is 3.95. The smallest absolute Gasteiger partial charge is 0.393 e. The molecule has 5 atom stereocenters. The molecule has 0 aromatic carbocycles. The number of likely N-dealkylation sites (N-methyl/N-ethyl adjacent to an activating group) is 1. The number of alkyl halides is 3. The number of anilines is 1. The van der Waals surface area contributed by atoms with Crippen molar-refractivity contribution in [1.29, 1.82) is 0 Å². The number of halogens is 3. The molecule has 0 spiro atoms. The molecule has 8 nitrogen and oxygen atoms in total. The SMILES string of the molecule is C=C1C(C=C/C=C/C(F)(F)F)NC(c2ccc(N3CCN(CO)CC3)nc2)N1C.C=CCC.CC(O)/C=C/C(C)C(C)O.CCC.CCCC. The number of nitrogens with zero attached hydrogens (tertiary/aromatic N) is 4. The van der Waals surface area contributed by atoms with Crippen LogP contribution >= 0.6 is 0 Å². The molecular formula is C39H68F3N5O3. The number of aliphatic hydroxyl groups excluding tert-OH is 3. The van der Waals surface area contributed by atoms with Crippen molar-refractivity contribution < 1.29 is 28.5 Å². The molecule has 1 aromatic rings. The van der Waals surface area contributed by atoms with Crippen molar-refractivity contribution in [3.63, 3.8) is 0 Å². The van der Waals surface area contributed by atoms with E-state index in [1.165, 1.54) is 25.3 Å². The number of nitrogens with one attached hydrogen (secondary N) is 1. The highest BCUT2D eigenvalue weighted by atomic mass is 19.4. The molecule has 50 heavy (non-hydrogen) atoms. The zero-order valence-corrected chi connectivity index (χ0v) is 32.2. The molecule has 4 N–H and O–H groups in total. The Morgan fingerprint density at radius 3 is 1.94 bits per heavy atom. The fraction of sp³-hybridized carbons (Fsp3) is 0.615. The second-order valence-corrected chi connectivity index (χ2v) is 12.3. The van der Waals surface area contributed by atoms with Crippen molar-refractivity contribution in [2.45, 2.75) is 112 Å². The minimum absolute atomic E-state index is 0.0748. The molecule has 5 unspecified atom stereocenters. The molecule has 3 rings (SSSR count). The Kier molecular flexibility index (Phi) is 28.2. The van der Waals surface area contributed by atoms with Crippen LogP contribution in [0.1, 0.15) is 92.8 Å². The molecule has 0 amide bonds. The number of pyridine rings is 1. The summed E-state index contributed by atoms with van der Waals surface area (Å²) in [5.74, 6) is 1.01. The van der Waals surface area contributed by atoms with Crippen molar-refractivity contribution in [3.8, 4) is 0 Å². The van der Waals surface area contributed by atoms with E-state index in [0.29, 0.717) is 0 Å². The predicted molar refractivity (Wildman–Crippen MR) is 205 cm³/mol. The Morgan fingerprint density at radius 2 is 1.54 bits per heavy atom. The minimum Gasteiger partial charge on any atom is -0.393 e. The van der Waals surface area contributed by atoms with E-state index in [2.05, 4.69) is 63.0 Å². The van der Waals surface area contributed by atoms with E-state index in [1.54, 1.807) is 26.0 Å². The van der Waals surface area contributed by atoms with E-state index in [-0.39, 0.29) is 37.0 Å². The van der Waals surface area contributed by atoms with E-state index in [9.17, 15) is 18.3 Å². The van der Waals surface area contributed by atoms with Gasteiger partial charge in [0.15, 0.2) is 0 Å². The summed E-state index contributed by atoms with van der Waals surface area (Å²) in [6, 6.07) is 3.71. The van der Waals surface area contributed by atoms with Gasteiger partial charge in [-0.1, -0.05) is 110 Å². The molecule has 2 fully saturated rings. The lowest BCUT2D eigenvalue weighted by Gasteiger charge is -2.34. The Labute approximate surface area is 301 Å². The average Bonchev–Trinajstić information content (AvgIpc) is 3.38. The van der Waals surface area contributed by atoms with E-state index in [1.807, 2.05) is 54.3 Å². The Bertz CT molecular complexity index is 1080. The first-order chi connectivity index (χ1) is 23.6. The molecule has 1 aromatic heterocycles. The maximum absolute atomic E-state index is 12.2. The topological polar surface area (TPSA) is 95.3 Å². The normalized spacial score (nSPS) is 19.8. The monoisotopic (exact) mass is 712 g/mol. The Hall–Kier alpha value is -2.96. The number of hydrogen-bond donors (Lipinski definition) is 4. The second-order valence-electron chi connectivity index (χ2n) is 12.3. The zero-order valence-electron chi connectivity index (χ0n) is 32.2. The fourth-order valence-electron chi connectivity index (χ4n) is 3.95. The van der Waals surface area contributed by atoms with E-state index in [4.69, 9.17) is 10.2 Å². The van der Waals surface area contributed by atoms with E-state index < -0.39 is 12.3 Å². The summed E-state index contributed by atoms with van der Waals surface area (Å²) >= 11 is 0. The largest absolute Gasteiger partial charge is 0.409 e. The number of allylic oxidation sites excluding steroid dienone is 4. The highest BCUT2D eigenvalue weighted by molar-refractivity contribution is 5.41. The molecule has 0 saturated carbocycles. The van der Waals surface area contributed by atoms with Gasteiger partial charge in [-0.25, -0.2) is 4.98 Å². The van der Waals surface area contributed by atoms with Crippen LogP contribution in [0.15, 0.2) is 79.7 Å². The number of rotatable bonds is 10. The molecule has 2 aliphatic rings. The van der Waals surface area contributed by atoms with Gasteiger partial charge < -0.3 is 25.1 Å². The molecular weight excluding hydrogens is 643 g/mol. The maximum atomic E-state index is 12.2. The first-order valence-corrected chi connectivity index (χ1v) is 17.9. The standard InChI is InChI=1S/C20H26F3N5O.C8H16O2.C4H10.C4H8.C3H8/c1-15-17(5-3-4-8-20(21,22)23)25-19(26(15)2)16-6-7-18(24-13-16)28-11-9-27(14-29)10-12-28;1-6(8(3)10)4-5-7(2)9;2*1-3-4-2;1-3-2/h3-8,13,17,19,25,29H,1,9-12,14H2,2H3;4-10H,1-3H3;3-4H2,1-2H3;3H,1,4H2,2H3;3H2,1-2H3/b5-3?,8-4+;5-4+;;;. The summed E-state index contributed by atoms with van der Waals surface area (Å²) in [6.07, 6.45) is 11.1. The molecule has 3 heterocycles. The van der Waals surface area contributed by atoms with Gasteiger partial charge in [0.05, 0.1) is 25.0 Å². The molecule has 0 radical (unpaired) electrons. The van der Waals surface area contributed by atoms with Crippen LogP contribution in [0.3, 0.4) is 0 Å². The summed E-state index contributed by atoms with van der Waals surface area (Å²) < 4.78 is 36.6. The van der Waals surface area contributed by atoms with Crippen LogP contribution in [-0.2, 0) is 0 Å². The Morgan fingerprint density at radius 1 is 0.980 bits per heavy atom. The minimum atomic E-state index is -4.32. The third kappa shape index (κ3) is 22.7. The number of aliphatic hydroxyl groups is 3. The number of unbranched alkanes of at least 4 members (excludes halogenated alkanes) is 1. The van der Waals surface area contributed by atoms with Gasteiger partial charge in [0.1, 0.15) is 12.0 Å². The van der Waals surface area contributed by atoms with Crippen molar-refractivity contribution in [1.82, 2.24) is 20.1 Å². The lowest BCUT2D eigenvalue weighted by Crippen LogP contribution is -2.46. The molecule has 0 aliphatic carbocycles. The third-order valence-corrected chi connectivity index (χ3v) is 7.46. The lowest BCUT2D eigenvalue weighted by molar-refractivity contribution is -0.0798. The van der Waals surface area contributed by atoms with E-state index >= 15 is 0 Å². The van der Waals surface area contributed by atoms with Crippen molar-refractivity contribution >= 4 is 5.82 Å². The van der Waals surface area contributed by atoms with Crippen molar-refractivity contribution in [2.24, 2.45) is 5.92 Å². The van der Waals surface area contributed by atoms with Crippen molar-refractivity contribution in [2.75, 3.05) is 44.9 Å². The molecule has 0 bridgehead atoms. The van der Waals surface area contributed by atoms with Gasteiger partial charge in [0.25, 0.3) is 0 Å². The molecule has 2 saturated heterocycles. The van der Waals surface area contributed by atoms with Crippen LogP contribution in [0.25, 0.3) is 0 Å².